The van der Waals surface area contributed by atoms with Crippen LogP contribution in [0.4, 0.5) is 0 Å². The molecule has 0 fully saturated rings. The third-order valence-corrected chi connectivity index (χ3v) is 4.61. The summed E-state index contributed by atoms with van der Waals surface area (Å²) >= 11 is 5.44. The molecule has 3 heteroatoms. The molecule has 1 heterocycles. The molecule has 0 saturated carbocycles. The summed E-state index contributed by atoms with van der Waals surface area (Å²) in [6.45, 7) is 8.91. The van der Waals surface area contributed by atoms with Gasteiger partial charge in [-0.15, -0.1) is 11.3 Å². The Morgan fingerprint density at radius 1 is 1.50 bits per heavy atom. The Balaban J connectivity index is 2.61. The number of halogens is 1. The van der Waals surface area contributed by atoms with E-state index < -0.39 is 0 Å². The predicted molar refractivity (Wildman–Crippen MR) is 68.2 cm³/mol. The first-order valence-electron chi connectivity index (χ1n) is 5.02. The first kappa shape index (κ1) is 12.2. The van der Waals surface area contributed by atoms with Crippen molar-refractivity contribution in [3.63, 3.8) is 0 Å². The smallest absolute Gasteiger partial charge is 0.0319 e. The van der Waals surface area contributed by atoms with E-state index in [1.807, 2.05) is 11.3 Å². The molecule has 1 nitrogen and oxygen atoms in total. The molecule has 1 N–H and O–H groups in total. The van der Waals surface area contributed by atoms with Crippen molar-refractivity contribution in [3.05, 3.63) is 20.8 Å². The molecule has 0 unspecified atom stereocenters. The van der Waals surface area contributed by atoms with Crippen LogP contribution in [0.1, 0.15) is 32.1 Å². The Hall–Kier alpha value is 0.140. The number of nitrogens with one attached hydrogen (secondary N) is 1. The molecule has 0 amide bonds. The van der Waals surface area contributed by atoms with Gasteiger partial charge in [0.05, 0.1) is 0 Å². The second-order valence-corrected chi connectivity index (χ2v) is 5.86. The van der Waals surface area contributed by atoms with Gasteiger partial charge in [0.25, 0.3) is 0 Å². The van der Waals surface area contributed by atoms with Gasteiger partial charge >= 0.3 is 0 Å². The van der Waals surface area contributed by atoms with E-state index in [0.717, 1.165) is 13.1 Å². The molecule has 0 aromatic carbocycles. The molecule has 1 aromatic heterocycles. The van der Waals surface area contributed by atoms with Gasteiger partial charge in [-0.3, -0.25) is 0 Å². The molecule has 1 aromatic rings. The van der Waals surface area contributed by atoms with E-state index in [1.54, 1.807) is 0 Å². The summed E-state index contributed by atoms with van der Waals surface area (Å²) in [4.78, 5) is 1.45. The minimum absolute atomic E-state index is 0.273. The first-order valence-corrected chi connectivity index (χ1v) is 6.69. The van der Waals surface area contributed by atoms with Crippen molar-refractivity contribution in [2.45, 2.75) is 32.6 Å². The van der Waals surface area contributed by atoms with E-state index in [-0.39, 0.29) is 5.41 Å². The highest BCUT2D eigenvalue weighted by Crippen LogP contribution is 2.36. The fraction of sp³-hybridized carbons (Fsp3) is 0.636. The van der Waals surface area contributed by atoms with Gasteiger partial charge in [-0.1, -0.05) is 20.8 Å². The van der Waals surface area contributed by atoms with Crippen molar-refractivity contribution in [2.24, 2.45) is 0 Å². The SMILES string of the molecule is CCNCCC(C)(C)c1sccc1Br. The minimum Gasteiger partial charge on any atom is -0.317 e. The summed E-state index contributed by atoms with van der Waals surface area (Å²) in [5.74, 6) is 0. The van der Waals surface area contributed by atoms with Gasteiger partial charge in [0.2, 0.25) is 0 Å². The summed E-state index contributed by atoms with van der Waals surface area (Å²) in [5, 5.41) is 5.52. The van der Waals surface area contributed by atoms with Gasteiger partial charge in [-0.25, -0.2) is 0 Å². The predicted octanol–water partition coefficient (Wildman–Crippen LogP) is 3.79. The van der Waals surface area contributed by atoms with Crippen molar-refractivity contribution in [1.29, 1.82) is 0 Å². The van der Waals surface area contributed by atoms with Crippen molar-refractivity contribution >= 4 is 27.3 Å². The lowest BCUT2D eigenvalue weighted by atomic mass is 9.87. The van der Waals surface area contributed by atoms with E-state index in [0.29, 0.717) is 0 Å². The summed E-state index contributed by atoms with van der Waals surface area (Å²) in [5.41, 5.74) is 0.273. The number of thiophene rings is 1. The Kier molecular flexibility index (Phi) is 4.61. The molecule has 14 heavy (non-hydrogen) atoms. The van der Waals surface area contributed by atoms with Crippen LogP contribution in [0.3, 0.4) is 0 Å². The minimum atomic E-state index is 0.273. The van der Waals surface area contributed by atoms with Gasteiger partial charge in [-0.2, -0.15) is 0 Å². The monoisotopic (exact) mass is 275 g/mol. The molecule has 1 rings (SSSR count). The van der Waals surface area contributed by atoms with E-state index >= 15 is 0 Å². The largest absolute Gasteiger partial charge is 0.317 e. The van der Waals surface area contributed by atoms with Crippen LogP contribution < -0.4 is 5.32 Å². The second-order valence-electron chi connectivity index (χ2n) is 4.09. The highest BCUT2D eigenvalue weighted by atomic mass is 79.9. The molecule has 0 saturated heterocycles. The van der Waals surface area contributed by atoms with Crippen molar-refractivity contribution < 1.29 is 0 Å². The van der Waals surface area contributed by atoms with E-state index in [1.165, 1.54) is 15.8 Å². The first-order chi connectivity index (χ1) is 6.58. The standard InChI is InChI=1S/C11H18BrNS/c1-4-13-7-6-11(2,3)10-9(12)5-8-14-10/h5,8,13H,4,6-7H2,1-3H3. The average Bonchev–Trinajstić information content (AvgIpc) is 2.52. The van der Waals surface area contributed by atoms with E-state index in [4.69, 9.17) is 0 Å². The highest BCUT2D eigenvalue weighted by Gasteiger charge is 2.23. The fourth-order valence-electron chi connectivity index (χ4n) is 1.47. The number of rotatable bonds is 5. The third-order valence-electron chi connectivity index (χ3n) is 2.41. The van der Waals surface area contributed by atoms with Crippen LogP contribution in [0, 0.1) is 0 Å². The second kappa shape index (κ2) is 5.29. The molecule has 0 aliphatic heterocycles. The normalized spacial score (nSPS) is 12.0. The van der Waals surface area contributed by atoms with Crippen molar-refractivity contribution in [3.8, 4) is 0 Å². The van der Waals surface area contributed by atoms with Crippen LogP contribution in [0.15, 0.2) is 15.9 Å². The van der Waals surface area contributed by atoms with E-state index in [9.17, 15) is 0 Å². The lowest BCUT2D eigenvalue weighted by Crippen LogP contribution is -2.24. The quantitative estimate of drug-likeness (QED) is 0.807. The van der Waals surface area contributed by atoms with Gasteiger partial charge in [0, 0.05) is 14.8 Å². The van der Waals surface area contributed by atoms with Gasteiger partial charge < -0.3 is 5.32 Å². The Labute approximate surface area is 99.0 Å². The zero-order valence-corrected chi connectivity index (χ0v) is 11.5. The Bertz CT molecular complexity index is 281. The molecule has 0 bridgehead atoms. The van der Waals surface area contributed by atoms with Crippen LogP contribution in [0.5, 0.6) is 0 Å². The molecular weight excluding hydrogens is 258 g/mol. The Morgan fingerprint density at radius 2 is 2.21 bits per heavy atom. The van der Waals surface area contributed by atoms with Gasteiger partial charge in [0.1, 0.15) is 0 Å². The number of hydrogen-bond acceptors (Lipinski definition) is 2. The lowest BCUT2D eigenvalue weighted by molar-refractivity contribution is 0.467. The van der Waals surface area contributed by atoms with Crippen LogP contribution in [0.2, 0.25) is 0 Å². The summed E-state index contributed by atoms with van der Waals surface area (Å²) < 4.78 is 1.25. The molecule has 0 radical (unpaired) electrons. The zero-order chi connectivity index (χ0) is 10.6. The summed E-state index contributed by atoms with van der Waals surface area (Å²) in [7, 11) is 0. The summed E-state index contributed by atoms with van der Waals surface area (Å²) in [6.07, 6.45) is 1.18. The van der Waals surface area contributed by atoms with Crippen molar-refractivity contribution in [1.82, 2.24) is 5.32 Å². The third kappa shape index (κ3) is 3.07. The molecule has 0 spiro atoms. The highest BCUT2D eigenvalue weighted by molar-refractivity contribution is 9.10. The van der Waals surface area contributed by atoms with Gasteiger partial charge in [0.15, 0.2) is 0 Å². The molecule has 0 aliphatic carbocycles. The van der Waals surface area contributed by atoms with Crippen LogP contribution in [-0.4, -0.2) is 13.1 Å². The topological polar surface area (TPSA) is 12.0 Å². The van der Waals surface area contributed by atoms with Crippen LogP contribution in [-0.2, 0) is 5.41 Å². The summed E-state index contributed by atoms with van der Waals surface area (Å²) in [6, 6.07) is 2.13. The van der Waals surface area contributed by atoms with Crippen LogP contribution in [0.25, 0.3) is 0 Å². The maximum absolute atomic E-state index is 3.60. The van der Waals surface area contributed by atoms with Gasteiger partial charge in [-0.05, 0) is 46.9 Å². The maximum Gasteiger partial charge on any atom is 0.0319 e. The molecule has 0 atom stereocenters. The molecule has 80 valence electrons. The lowest BCUT2D eigenvalue weighted by Gasteiger charge is -2.24. The maximum atomic E-state index is 3.60. The molecular formula is C11H18BrNS. The van der Waals surface area contributed by atoms with Crippen molar-refractivity contribution in [2.75, 3.05) is 13.1 Å². The Morgan fingerprint density at radius 3 is 2.71 bits per heavy atom. The van der Waals surface area contributed by atoms with E-state index in [2.05, 4.69) is 53.5 Å². The van der Waals surface area contributed by atoms with Crippen LogP contribution >= 0.6 is 27.3 Å². The zero-order valence-electron chi connectivity index (χ0n) is 9.06. The molecule has 0 aliphatic rings. The fourth-order valence-corrected chi connectivity index (χ4v) is 3.53. The average molecular weight is 276 g/mol. The number of hydrogen-bond donors (Lipinski definition) is 1.